The molecule has 190 valence electrons. The van der Waals surface area contributed by atoms with Crippen molar-refractivity contribution in [1.82, 2.24) is 0 Å². The molecule has 0 amide bonds. The molecule has 5 rings (SSSR count). The Kier molecular flexibility index (Phi) is 6.90. The summed E-state index contributed by atoms with van der Waals surface area (Å²) < 4.78 is 19.7. The van der Waals surface area contributed by atoms with E-state index in [1.165, 1.54) is 0 Å². The van der Waals surface area contributed by atoms with Crippen LogP contribution >= 0.6 is 0 Å². The zero-order valence-electron chi connectivity index (χ0n) is 21.0. The Morgan fingerprint density at radius 1 is 1.17 bits per heavy atom. The topological polar surface area (TPSA) is 89.1 Å². The molecule has 0 saturated carbocycles. The third-order valence-corrected chi connectivity index (χ3v) is 7.12. The molecule has 0 radical (unpaired) electrons. The number of hydrogen-bond donors (Lipinski definition) is 2. The van der Waals surface area contributed by atoms with Gasteiger partial charge in [0.25, 0.3) is 0 Å². The van der Waals surface area contributed by atoms with Gasteiger partial charge in [-0.15, -0.1) is 0 Å². The van der Waals surface area contributed by atoms with E-state index in [2.05, 4.69) is 30.7 Å². The van der Waals surface area contributed by atoms with Crippen LogP contribution in [0.3, 0.4) is 0 Å². The van der Waals surface area contributed by atoms with Crippen molar-refractivity contribution in [3.63, 3.8) is 0 Å². The Morgan fingerprint density at radius 3 is 2.83 bits per heavy atom. The van der Waals surface area contributed by atoms with Crippen molar-refractivity contribution < 1.29 is 33.8 Å². The second kappa shape index (κ2) is 10.2. The molecule has 1 atom stereocenters. The van der Waals surface area contributed by atoms with Crippen LogP contribution in [0.2, 0.25) is 0 Å². The Bertz CT molecular complexity index is 1280. The number of unbranched alkanes of at least 4 members (excludes halogenated alkanes) is 1. The van der Waals surface area contributed by atoms with Crippen molar-refractivity contribution in [3.8, 4) is 34.3 Å². The zero-order chi connectivity index (χ0) is 25.2. The molecule has 1 aromatic heterocycles. The first kappa shape index (κ1) is 24.2. The molecule has 1 unspecified atom stereocenters. The van der Waals surface area contributed by atoms with E-state index in [0.29, 0.717) is 24.7 Å². The van der Waals surface area contributed by atoms with E-state index < -0.39 is 5.97 Å². The third-order valence-electron chi connectivity index (χ3n) is 7.12. The summed E-state index contributed by atoms with van der Waals surface area (Å²) in [7, 11) is 0. The molecule has 36 heavy (non-hydrogen) atoms. The van der Waals surface area contributed by atoms with Crippen LogP contribution in [0.1, 0.15) is 64.0 Å². The lowest BCUT2D eigenvalue weighted by atomic mass is 9.89. The number of aromatic hydroxyl groups is 1. The number of hydrogen-bond acceptors (Lipinski definition) is 5. The fourth-order valence-electron chi connectivity index (χ4n) is 5.28. The van der Waals surface area contributed by atoms with Gasteiger partial charge >= 0.3 is 5.97 Å². The van der Waals surface area contributed by atoms with E-state index in [0.717, 1.165) is 71.2 Å². The molecule has 0 saturated heterocycles. The number of ether oxygens (including phenoxy) is 3. The molecule has 0 bridgehead atoms. The molecule has 2 aromatic carbocycles. The molecule has 0 spiro atoms. The maximum Gasteiger partial charge on any atom is 0.303 e. The van der Waals surface area contributed by atoms with E-state index >= 15 is 0 Å². The summed E-state index contributed by atoms with van der Waals surface area (Å²) in [6.45, 7) is 5.17. The van der Waals surface area contributed by atoms with Crippen LogP contribution in [-0.4, -0.2) is 29.6 Å². The average Bonchev–Trinajstić information content (AvgIpc) is 3.33. The summed E-state index contributed by atoms with van der Waals surface area (Å²) >= 11 is 0. The normalized spacial score (nSPS) is 15.7. The van der Waals surface area contributed by atoms with Gasteiger partial charge in [-0.2, -0.15) is 4.57 Å². The first-order chi connectivity index (χ1) is 17.4. The lowest BCUT2D eigenvalue weighted by Gasteiger charge is -2.24. The second-order valence-electron chi connectivity index (χ2n) is 10.2. The van der Waals surface area contributed by atoms with Crippen molar-refractivity contribution in [2.45, 2.75) is 64.8 Å². The van der Waals surface area contributed by atoms with Crippen molar-refractivity contribution >= 4 is 16.7 Å². The number of phenolic OH excluding ortho intramolecular Hbond substituents is 1. The highest BCUT2D eigenvalue weighted by molar-refractivity contribution is 5.92. The second-order valence-corrected chi connectivity index (χ2v) is 10.2. The van der Waals surface area contributed by atoms with Crippen LogP contribution in [0.15, 0.2) is 36.5 Å². The van der Waals surface area contributed by atoms with E-state index in [1.807, 2.05) is 24.3 Å². The molecule has 2 aliphatic heterocycles. The fraction of sp³-hybridized carbons (Fsp3) is 0.448. The molecule has 3 heterocycles. The summed E-state index contributed by atoms with van der Waals surface area (Å²) in [6, 6.07) is 10.1. The number of aromatic nitrogens is 1. The molecule has 2 aliphatic rings. The number of fused-ring (bicyclic) bond motifs is 6. The van der Waals surface area contributed by atoms with Gasteiger partial charge in [0.05, 0.1) is 17.6 Å². The van der Waals surface area contributed by atoms with E-state index in [-0.39, 0.29) is 25.0 Å². The fourth-order valence-corrected chi connectivity index (χ4v) is 5.28. The molecule has 2 N–H and O–H groups in total. The summed E-state index contributed by atoms with van der Waals surface area (Å²) in [5.74, 6) is 2.04. The first-order valence-corrected chi connectivity index (χ1v) is 12.9. The summed E-state index contributed by atoms with van der Waals surface area (Å²) in [5, 5.41) is 21.8. The van der Waals surface area contributed by atoms with E-state index in [9.17, 15) is 9.90 Å². The number of carbonyl (C=O) groups is 1. The predicted octanol–water partition coefficient (Wildman–Crippen LogP) is 5.79. The largest absolute Gasteiger partial charge is 0.504 e. The van der Waals surface area contributed by atoms with Gasteiger partial charge in [-0.05, 0) is 66.8 Å². The summed E-state index contributed by atoms with van der Waals surface area (Å²) in [6.07, 6.45) is 7.38. The Labute approximate surface area is 211 Å². The zero-order valence-corrected chi connectivity index (χ0v) is 21.0. The quantitative estimate of drug-likeness (QED) is 0.275. The lowest BCUT2D eigenvalue weighted by Crippen LogP contribution is -2.45. The minimum Gasteiger partial charge on any atom is -0.504 e. The highest BCUT2D eigenvalue weighted by atomic mass is 16.7. The van der Waals surface area contributed by atoms with E-state index in [1.54, 1.807) is 0 Å². The van der Waals surface area contributed by atoms with Gasteiger partial charge in [0.15, 0.2) is 35.2 Å². The van der Waals surface area contributed by atoms with Crippen LogP contribution in [0, 0.1) is 5.92 Å². The maximum absolute atomic E-state index is 11.0. The molecule has 7 heteroatoms. The van der Waals surface area contributed by atoms with Gasteiger partial charge in [0.2, 0.25) is 12.5 Å². The highest BCUT2D eigenvalue weighted by Crippen LogP contribution is 2.43. The Hall–Kier alpha value is -3.48. The summed E-state index contributed by atoms with van der Waals surface area (Å²) in [4.78, 5) is 11.0. The van der Waals surface area contributed by atoms with Gasteiger partial charge in [-0.25, -0.2) is 0 Å². The number of carboxylic acids is 1. The van der Waals surface area contributed by atoms with Crippen LogP contribution in [0.5, 0.6) is 23.0 Å². The summed E-state index contributed by atoms with van der Waals surface area (Å²) in [5.41, 5.74) is 3.18. The number of carboxylic acid groups (broad SMARTS) is 1. The van der Waals surface area contributed by atoms with Gasteiger partial charge in [0, 0.05) is 25.3 Å². The molecule has 0 fully saturated rings. The van der Waals surface area contributed by atoms with Crippen molar-refractivity contribution in [1.29, 1.82) is 0 Å². The van der Waals surface area contributed by atoms with Crippen molar-refractivity contribution in [2.75, 3.05) is 13.4 Å². The van der Waals surface area contributed by atoms with E-state index in [4.69, 9.17) is 19.3 Å². The molecular formula is C29H34NO6+. The van der Waals surface area contributed by atoms with Crippen LogP contribution in [0.25, 0.3) is 22.0 Å². The van der Waals surface area contributed by atoms with Crippen LogP contribution in [-0.2, 0) is 11.2 Å². The SMILES string of the molecule is CC(C)CCCOc1cc2c(cc1O)CC(CCCCC(=O)O)[n+]1cc3c4c(ccc3cc1-2)OCO4. The van der Waals surface area contributed by atoms with Gasteiger partial charge in [0.1, 0.15) is 0 Å². The number of benzene rings is 2. The lowest BCUT2D eigenvalue weighted by molar-refractivity contribution is -0.714. The van der Waals surface area contributed by atoms with Gasteiger partial charge < -0.3 is 24.4 Å². The number of phenols is 1. The monoisotopic (exact) mass is 492 g/mol. The smallest absolute Gasteiger partial charge is 0.303 e. The number of pyridine rings is 1. The van der Waals surface area contributed by atoms with Crippen LogP contribution in [0.4, 0.5) is 0 Å². The highest BCUT2D eigenvalue weighted by Gasteiger charge is 2.34. The minimum absolute atomic E-state index is 0.140. The van der Waals surface area contributed by atoms with Gasteiger partial charge in [-0.1, -0.05) is 13.8 Å². The van der Waals surface area contributed by atoms with Crippen LogP contribution < -0.4 is 18.8 Å². The third kappa shape index (κ3) is 4.92. The number of aliphatic carboxylic acids is 1. The average molecular weight is 493 g/mol. The number of nitrogens with zero attached hydrogens (tertiary/aromatic N) is 1. The Morgan fingerprint density at radius 2 is 2.03 bits per heavy atom. The number of rotatable bonds is 10. The first-order valence-electron chi connectivity index (χ1n) is 12.9. The molecule has 3 aromatic rings. The standard InChI is InChI=1S/C29H33NO6/c1-18(2)6-5-11-34-27-15-22-20(14-25(27)31)12-21(7-3-4-8-28(32)33)30-16-23-19(13-24(22)30)9-10-26-29(23)36-17-35-26/h9-10,13-16,18,21H,3-8,11-12,17H2,1-2H3,(H,32,33)/p+1. The van der Waals surface area contributed by atoms with Crippen molar-refractivity contribution in [2.24, 2.45) is 5.92 Å². The predicted molar refractivity (Wildman–Crippen MR) is 136 cm³/mol. The minimum atomic E-state index is -0.762. The molecule has 0 aliphatic carbocycles. The maximum atomic E-state index is 11.0. The van der Waals surface area contributed by atoms with Crippen molar-refractivity contribution in [3.05, 3.63) is 42.1 Å². The molecular weight excluding hydrogens is 458 g/mol. The Balaban J connectivity index is 1.51. The molecule has 7 nitrogen and oxygen atoms in total. The van der Waals surface area contributed by atoms with Gasteiger partial charge in [-0.3, -0.25) is 4.79 Å².